The van der Waals surface area contributed by atoms with Crippen molar-refractivity contribution in [1.29, 1.82) is 0 Å². The molecule has 0 saturated heterocycles. The molecule has 0 atom stereocenters. The van der Waals surface area contributed by atoms with Crippen LogP contribution in [-0.2, 0) is 12.8 Å². The van der Waals surface area contributed by atoms with E-state index in [1.165, 1.54) is 12.1 Å². The summed E-state index contributed by atoms with van der Waals surface area (Å²) >= 11 is 0. The summed E-state index contributed by atoms with van der Waals surface area (Å²) in [5.41, 5.74) is 3.50. The van der Waals surface area contributed by atoms with E-state index in [9.17, 15) is 22.7 Å². The fourth-order valence-corrected chi connectivity index (χ4v) is 3.15. The van der Waals surface area contributed by atoms with Crippen LogP contribution in [0.1, 0.15) is 22.3 Å². The standard InChI is InChI=1S/C22H18F4O/c1-12-7-15(16-9-17(23)11-18(24)10-16)8-14(13(12)2)3-4-19-20(25)5-6-21(27)22(19)26/h5-11,27H,3-4H2,1-2H3. The van der Waals surface area contributed by atoms with Crippen LogP contribution in [0.4, 0.5) is 17.6 Å². The van der Waals surface area contributed by atoms with Gasteiger partial charge in [0, 0.05) is 11.6 Å². The van der Waals surface area contributed by atoms with Gasteiger partial charge in [-0.05, 0) is 78.8 Å². The van der Waals surface area contributed by atoms with Crippen LogP contribution in [0.2, 0.25) is 0 Å². The molecule has 3 aromatic carbocycles. The summed E-state index contributed by atoms with van der Waals surface area (Å²) in [6, 6.07) is 8.88. The van der Waals surface area contributed by atoms with Gasteiger partial charge in [0.05, 0.1) is 0 Å². The fourth-order valence-electron chi connectivity index (χ4n) is 3.15. The molecule has 0 unspecified atom stereocenters. The van der Waals surface area contributed by atoms with E-state index >= 15 is 0 Å². The minimum absolute atomic E-state index is 0.0489. The lowest BCUT2D eigenvalue weighted by Gasteiger charge is -2.14. The molecule has 0 saturated carbocycles. The molecule has 0 aliphatic carbocycles. The molecular formula is C22H18F4O. The molecule has 0 amide bonds. The van der Waals surface area contributed by atoms with Crippen LogP contribution in [0, 0.1) is 37.1 Å². The summed E-state index contributed by atoms with van der Waals surface area (Å²) in [6.07, 6.45) is 0.364. The smallest absolute Gasteiger partial charge is 0.170 e. The maximum Gasteiger partial charge on any atom is 0.170 e. The molecule has 0 aromatic heterocycles. The Labute approximate surface area is 154 Å². The van der Waals surface area contributed by atoms with Gasteiger partial charge in [-0.1, -0.05) is 12.1 Å². The summed E-state index contributed by atoms with van der Waals surface area (Å²) in [5.74, 6) is -3.62. The molecule has 5 heteroatoms. The summed E-state index contributed by atoms with van der Waals surface area (Å²) in [7, 11) is 0. The van der Waals surface area contributed by atoms with Crippen molar-refractivity contribution in [1.82, 2.24) is 0 Å². The maximum absolute atomic E-state index is 14.0. The average molecular weight is 374 g/mol. The summed E-state index contributed by atoms with van der Waals surface area (Å²) < 4.78 is 55.0. The predicted octanol–water partition coefficient (Wildman–Crippen LogP) is 6.02. The highest BCUT2D eigenvalue weighted by Crippen LogP contribution is 2.29. The number of phenols is 1. The van der Waals surface area contributed by atoms with Crippen LogP contribution in [0.3, 0.4) is 0 Å². The lowest BCUT2D eigenvalue weighted by Crippen LogP contribution is -2.02. The molecule has 27 heavy (non-hydrogen) atoms. The highest BCUT2D eigenvalue weighted by Gasteiger charge is 2.15. The Morgan fingerprint density at radius 2 is 1.41 bits per heavy atom. The number of hydrogen-bond acceptors (Lipinski definition) is 1. The van der Waals surface area contributed by atoms with Crippen LogP contribution in [0.25, 0.3) is 11.1 Å². The zero-order valence-corrected chi connectivity index (χ0v) is 14.9. The molecule has 140 valence electrons. The highest BCUT2D eigenvalue weighted by atomic mass is 19.1. The van der Waals surface area contributed by atoms with Gasteiger partial charge in [0.15, 0.2) is 11.6 Å². The number of aromatic hydroxyl groups is 1. The lowest BCUT2D eigenvalue weighted by molar-refractivity contribution is 0.422. The minimum Gasteiger partial charge on any atom is -0.505 e. The third-order valence-corrected chi connectivity index (χ3v) is 4.78. The van der Waals surface area contributed by atoms with Gasteiger partial charge in [-0.3, -0.25) is 0 Å². The van der Waals surface area contributed by atoms with Crippen molar-refractivity contribution in [2.75, 3.05) is 0 Å². The van der Waals surface area contributed by atoms with Crippen molar-refractivity contribution in [3.05, 3.63) is 88.0 Å². The zero-order valence-electron chi connectivity index (χ0n) is 14.9. The second-order valence-electron chi connectivity index (χ2n) is 6.59. The topological polar surface area (TPSA) is 20.2 Å². The Morgan fingerprint density at radius 3 is 2.07 bits per heavy atom. The van der Waals surface area contributed by atoms with Crippen molar-refractivity contribution in [3.63, 3.8) is 0 Å². The molecular weight excluding hydrogens is 356 g/mol. The van der Waals surface area contributed by atoms with Crippen LogP contribution >= 0.6 is 0 Å². The fraction of sp³-hybridized carbons (Fsp3) is 0.182. The molecule has 1 nitrogen and oxygen atoms in total. The van der Waals surface area contributed by atoms with Crippen LogP contribution in [0.5, 0.6) is 5.75 Å². The van der Waals surface area contributed by atoms with E-state index in [0.717, 1.165) is 34.9 Å². The molecule has 0 spiro atoms. The van der Waals surface area contributed by atoms with Gasteiger partial charge >= 0.3 is 0 Å². The van der Waals surface area contributed by atoms with E-state index in [1.54, 1.807) is 6.07 Å². The Balaban J connectivity index is 1.97. The molecule has 0 radical (unpaired) electrons. The van der Waals surface area contributed by atoms with E-state index in [2.05, 4.69) is 0 Å². The first kappa shape index (κ1) is 19.0. The SMILES string of the molecule is Cc1cc(-c2cc(F)cc(F)c2)cc(CCc2c(F)ccc(O)c2F)c1C. The molecule has 0 heterocycles. The van der Waals surface area contributed by atoms with E-state index in [4.69, 9.17) is 0 Å². The van der Waals surface area contributed by atoms with Gasteiger partial charge < -0.3 is 5.11 Å². The van der Waals surface area contributed by atoms with Crippen LogP contribution in [-0.4, -0.2) is 5.11 Å². The Kier molecular flexibility index (Phi) is 5.22. The number of aryl methyl sites for hydroxylation is 2. The molecule has 3 rings (SSSR count). The molecule has 1 N–H and O–H groups in total. The Morgan fingerprint density at radius 1 is 0.778 bits per heavy atom. The van der Waals surface area contributed by atoms with Crippen molar-refractivity contribution in [2.24, 2.45) is 0 Å². The minimum atomic E-state index is -0.965. The van der Waals surface area contributed by atoms with Gasteiger partial charge in [0.1, 0.15) is 17.5 Å². The Hall–Kier alpha value is -2.82. The highest BCUT2D eigenvalue weighted by molar-refractivity contribution is 5.66. The summed E-state index contributed by atoms with van der Waals surface area (Å²) in [6.45, 7) is 3.75. The zero-order chi connectivity index (χ0) is 19.7. The maximum atomic E-state index is 14.0. The molecule has 0 bridgehead atoms. The van der Waals surface area contributed by atoms with E-state index < -0.39 is 29.0 Å². The van der Waals surface area contributed by atoms with Crippen molar-refractivity contribution >= 4 is 0 Å². The average Bonchev–Trinajstić information content (AvgIpc) is 2.60. The lowest BCUT2D eigenvalue weighted by atomic mass is 9.92. The number of hydrogen-bond donors (Lipinski definition) is 1. The van der Waals surface area contributed by atoms with Crippen molar-refractivity contribution < 1.29 is 22.7 Å². The molecule has 3 aromatic rings. The Bertz CT molecular complexity index is 991. The largest absolute Gasteiger partial charge is 0.505 e. The predicted molar refractivity (Wildman–Crippen MR) is 96.7 cm³/mol. The monoisotopic (exact) mass is 374 g/mol. The second-order valence-corrected chi connectivity index (χ2v) is 6.59. The van der Waals surface area contributed by atoms with Gasteiger partial charge in [-0.25, -0.2) is 17.6 Å². The van der Waals surface area contributed by atoms with E-state index in [0.29, 0.717) is 17.5 Å². The molecule has 0 aliphatic heterocycles. The number of phenolic OH excluding ortho intramolecular Hbond substituents is 1. The van der Waals surface area contributed by atoms with Crippen LogP contribution in [0.15, 0.2) is 42.5 Å². The van der Waals surface area contributed by atoms with Crippen molar-refractivity contribution in [3.8, 4) is 16.9 Å². The van der Waals surface area contributed by atoms with Gasteiger partial charge in [0.25, 0.3) is 0 Å². The third-order valence-electron chi connectivity index (χ3n) is 4.78. The van der Waals surface area contributed by atoms with Gasteiger partial charge in [-0.15, -0.1) is 0 Å². The quantitative estimate of drug-likeness (QED) is 0.554. The van der Waals surface area contributed by atoms with E-state index in [-0.39, 0.29) is 12.0 Å². The van der Waals surface area contributed by atoms with Crippen LogP contribution < -0.4 is 0 Å². The van der Waals surface area contributed by atoms with E-state index in [1.807, 2.05) is 19.9 Å². The van der Waals surface area contributed by atoms with Crippen molar-refractivity contribution in [2.45, 2.75) is 26.7 Å². The van der Waals surface area contributed by atoms with Gasteiger partial charge in [0.2, 0.25) is 0 Å². The first-order chi connectivity index (χ1) is 12.8. The first-order valence-electron chi connectivity index (χ1n) is 8.48. The molecule has 0 aliphatic rings. The summed E-state index contributed by atoms with van der Waals surface area (Å²) in [5, 5.41) is 9.45. The summed E-state index contributed by atoms with van der Waals surface area (Å²) in [4.78, 5) is 0. The number of benzene rings is 3. The second kappa shape index (κ2) is 7.43. The third kappa shape index (κ3) is 3.97. The van der Waals surface area contributed by atoms with Gasteiger partial charge in [-0.2, -0.15) is 0 Å². The number of rotatable bonds is 4. The first-order valence-corrected chi connectivity index (χ1v) is 8.48. The normalized spacial score (nSPS) is 11.0. The number of halogens is 4. The molecule has 0 fully saturated rings.